The second kappa shape index (κ2) is 6.58. The Balaban J connectivity index is 2.18. The summed E-state index contributed by atoms with van der Waals surface area (Å²) in [6.45, 7) is 9.41. The molecule has 1 saturated carbocycles. The first-order valence-corrected chi connectivity index (χ1v) is 6.46. The van der Waals surface area contributed by atoms with Crippen LogP contribution in [-0.4, -0.2) is 39.0 Å². The van der Waals surface area contributed by atoms with Crippen molar-refractivity contribution in [2.24, 2.45) is 5.41 Å². The minimum Gasteiger partial charge on any atom is -0.383 e. The summed E-state index contributed by atoms with van der Waals surface area (Å²) in [5, 5.41) is 3.53. The third-order valence-corrected chi connectivity index (χ3v) is 3.69. The van der Waals surface area contributed by atoms with Gasteiger partial charge in [-0.25, -0.2) is 0 Å². The molecule has 0 amide bonds. The average molecular weight is 229 g/mol. The summed E-state index contributed by atoms with van der Waals surface area (Å²) in [5.74, 6) is 0. The fourth-order valence-electron chi connectivity index (χ4n) is 2.22. The van der Waals surface area contributed by atoms with Crippen molar-refractivity contribution in [3.8, 4) is 0 Å². The molecule has 1 N–H and O–H groups in total. The zero-order valence-electron chi connectivity index (χ0n) is 11.2. The summed E-state index contributed by atoms with van der Waals surface area (Å²) in [4.78, 5) is 0. The highest BCUT2D eigenvalue weighted by molar-refractivity contribution is 5.02. The van der Waals surface area contributed by atoms with Gasteiger partial charge >= 0.3 is 0 Å². The lowest BCUT2D eigenvalue weighted by Gasteiger charge is -2.52. The molecule has 0 aliphatic heterocycles. The standard InChI is InChI=1S/C13H27NO2/c1-5-6-8-16-12-10-11(13(12,2)3)14-7-9-15-4/h11-12,14H,5-10H2,1-4H3. The molecule has 2 atom stereocenters. The summed E-state index contributed by atoms with van der Waals surface area (Å²) in [7, 11) is 1.74. The van der Waals surface area contributed by atoms with Crippen molar-refractivity contribution >= 4 is 0 Å². The Morgan fingerprint density at radius 1 is 1.31 bits per heavy atom. The number of hydrogen-bond donors (Lipinski definition) is 1. The van der Waals surface area contributed by atoms with Crippen LogP contribution >= 0.6 is 0 Å². The van der Waals surface area contributed by atoms with Gasteiger partial charge in [0.1, 0.15) is 0 Å². The Kier molecular flexibility index (Phi) is 5.73. The zero-order chi connectivity index (χ0) is 12.0. The van der Waals surface area contributed by atoms with E-state index >= 15 is 0 Å². The van der Waals surface area contributed by atoms with Crippen LogP contribution in [0, 0.1) is 5.41 Å². The van der Waals surface area contributed by atoms with E-state index in [2.05, 4.69) is 26.1 Å². The number of methoxy groups -OCH3 is 1. The summed E-state index contributed by atoms with van der Waals surface area (Å²) in [6.07, 6.45) is 3.95. The van der Waals surface area contributed by atoms with Gasteiger partial charge in [-0.2, -0.15) is 0 Å². The monoisotopic (exact) mass is 229 g/mol. The number of nitrogens with one attached hydrogen (secondary N) is 1. The first kappa shape index (κ1) is 13.9. The molecule has 1 aliphatic carbocycles. The molecule has 3 heteroatoms. The van der Waals surface area contributed by atoms with E-state index in [4.69, 9.17) is 9.47 Å². The van der Waals surface area contributed by atoms with Crippen LogP contribution in [0.4, 0.5) is 0 Å². The Labute approximate surface area is 99.9 Å². The van der Waals surface area contributed by atoms with Crippen molar-refractivity contribution in [3.63, 3.8) is 0 Å². The molecule has 0 aromatic rings. The third kappa shape index (κ3) is 3.44. The molecule has 2 unspecified atom stereocenters. The maximum atomic E-state index is 5.90. The zero-order valence-corrected chi connectivity index (χ0v) is 11.2. The van der Waals surface area contributed by atoms with Crippen LogP contribution in [0.5, 0.6) is 0 Å². The average Bonchev–Trinajstić information content (AvgIpc) is 2.26. The SMILES string of the molecule is CCCCOC1CC(NCCOC)C1(C)C. The van der Waals surface area contributed by atoms with Gasteiger partial charge in [0.05, 0.1) is 12.7 Å². The van der Waals surface area contributed by atoms with E-state index in [0.717, 1.165) is 26.2 Å². The molecule has 0 aromatic heterocycles. The van der Waals surface area contributed by atoms with E-state index in [-0.39, 0.29) is 5.41 Å². The number of hydrogen-bond acceptors (Lipinski definition) is 3. The molecule has 0 aromatic carbocycles. The number of ether oxygens (including phenoxy) is 2. The molecule has 1 rings (SSSR count). The normalized spacial score (nSPS) is 27.8. The molecular weight excluding hydrogens is 202 g/mol. The molecule has 0 spiro atoms. The maximum Gasteiger partial charge on any atom is 0.0655 e. The lowest BCUT2D eigenvalue weighted by Crippen LogP contribution is -2.61. The highest BCUT2D eigenvalue weighted by Gasteiger charge is 2.48. The molecule has 0 saturated heterocycles. The smallest absolute Gasteiger partial charge is 0.0655 e. The summed E-state index contributed by atoms with van der Waals surface area (Å²) in [6, 6.07) is 0.578. The van der Waals surface area contributed by atoms with Crippen molar-refractivity contribution in [1.29, 1.82) is 0 Å². The molecular formula is C13H27NO2. The predicted molar refractivity (Wildman–Crippen MR) is 66.7 cm³/mol. The van der Waals surface area contributed by atoms with Gasteiger partial charge in [-0.1, -0.05) is 27.2 Å². The van der Waals surface area contributed by atoms with Crippen LogP contribution < -0.4 is 5.32 Å². The van der Waals surface area contributed by atoms with Crippen LogP contribution in [0.15, 0.2) is 0 Å². The third-order valence-electron chi connectivity index (χ3n) is 3.69. The predicted octanol–water partition coefficient (Wildman–Crippen LogP) is 2.21. The number of unbranched alkanes of at least 4 members (excludes halogenated alkanes) is 1. The fraction of sp³-hybridized carbons (Fsp3) is 1.00. The molecule has 0 heterocycles. The maximum absolute atomic E-state index is 5.90. The van der Waals surface area contributed by atoms with Crippen molar-refractivity contribution in [2.75, 3.05) is 26.9 Å². The summed E-state index contributed by atoms with van der Waals surface area (Å²) in [5.41, 5.74) is 0.265. The largest absolute Gasteiger partial charge is 0.383 e. The highest BCUT2D eigenvalue weighted by atomic mass is 16.5. The van der Waals surface area contributed by atoms with Gasteiger partial charge in [-0.15, -0.1) is 0 Å². The van der Waals surface area contributed by atoms with Gasteiger partial charge in [0.15, 0.2) is 0 Å². The molecule has 1 aliphatic rings. The van der Waals surface area contributed by atoms with E-state index in [1.54, 1.807) is 7.11 Å². The molecule has 3 nitrogen and oxygen atoms in total. The van der Waals surface area contributed by atoms with Crippen molar-refractivity contribution in [2.45, 2.75) is 52.2 Å². The van der Waals surface area contributed by atoms with E-state index in [9.17, 15) is 0 Å². The second-order valence-electron chi connectivity index (χ2n) is 5.27. The van der Waals surface area contributed by atoms with Crippen LogP contribution in [0.2, 0.25) is 0 Å². The molecule has 0 bridgehead atoms. The minimum absolute atomic E-state index is 0.265. The van der Waals surface area contributed by atoms with Crippen molar-refractivity contribution < 1.29 is 9.47 Å². The number of rotatable bonds is 8. The Morgan fingerprint density at radius 2 is 2.06 bits per heavy atom. The minimum atomic E-state index is 0.265. The molecule has 96 valence electrons. The van der Waals surface area contributed by atoms with Gasteiger partial charge in [0.25, 0.3) is 0 Å². The Bertz CT molecular complexity index is 176. The van der Waals surface area contributed by atoms with Crippen molar-refractivity contribution in [3.05, 3.63) is 0 Å². The topological polar surface area (TPSA) is 30.5 Å². The first-order chi connectivity index (χ1) is 7.62. The van der Waals surface area contributed by atoms with Crippen LogP contribution in [0.3, 0.4) is 0 Å². The van der Waals surface area contributed by atoms with Crippen LogP contribution in [-0.2, 0) is 9.47 Å². The van der Waals surface area contributed by atoms with Gasteiger partial charge in [-0.3, -0.25) is 0 Å². The molecule has 16 heavy (non-hydrogen) atoms. The van der Waals surface area contributed by atoms with E-state index in [1.807, 2.05) is 0 Å². The van der Waals surface area contributed by atoms with E-state index in [0.29, 0.717) is 12.1 Å². The van der Waals surface area contributed by atoms with Crippen molar-refractivity contribution in [1.82, 2.24) is 5.32 Å². The highest BCUT2D eigenvalue weighted by Crippen LogP contribution is 2.42. The Hall–Kier alpha value is -0.120. The van der Waals surface area contributed by atoms with E-state index < -0.39 is 0 Å². The van der Waals surface area contributed by atoms with Crippen LogP contribution in [0.25, 0.3) is 0 Å². The summed E-state index contributed by atoms with van der Waals surface area (Å²) >= 11 is 0. The van der Waals surface area contributed by atoms with Crippen LogP contribution in [0.1, 0.15) is 40.0 Å². The van der Waals surface area contributed by atoms with E-state index in [1.165, 1.54) is 12.8 Å². The summed E-state index contributed by atoms with van der Waals surface area (Å²) < 4.78 is 10.9. The first-order valence-electron chi connectivity index (χ1n) is 6.46. The lowest BCUT2D eigenvalue weighted by atomic mass is 9.64. The van der Waals surface area contributed by atoms with Gasteiger partial charge in [0.2, 0.25) is 0 Å². The Morgan fingerprint density at radius 3 is 2.62 bits per heavy atom. The van der Waals surface area contributed by atoms with Gasteiger partial charge in [-0.05, 0) is 12.8 Å². The second-order valence-corrected chi connectivity index (χ2v) is 5.27. The van der Waals surface area contributed by atoms with Gasteiger partial charge < -0.3 is 14.8 Å². The fourth-order valence-corrected chi connectivity index (χ4v) is 2.22. The van der Waals surface area contributed by atoms with Gasteiger partial charge in [0, 0.05) is 31.7 Å². The molecule has 1 fully saturated rings. The lowest BCUT2D eigenvalue weighted by molar-refractivity contribution is -0.118. The molecule has 0 radical (unpaired) electrons. The quantitative estimate of drug-likeness (QED) is 0.647.